The molecular formula is C54H66N6O6Si. The van der Waals surface area contributed by atoms with Gasteiger partial charge in [-0.2, -0.15) is 0 Å². The van der Waals surface area contributed by atoms with Gasteiger partial charge in [0.1, 0.15) is 5.75 Å². The fourth-order valence-corrected chi connectivity index (χ4v) is 15.7. The van der Waals surface area contributed by atoms with Gasteiger partial charge in [-0.05, 0) is 91.2 Å². The van der Waals surface area contributed by atoms with Crippen molar-refractivity contribution in [1.29, 1.82) is 0 Å². The van der Waals surface area contributed by atoms with Crippen LogP contribution in [-0.2, 0) is 37.8 Å². The monoisotopic (exact) mass is 922 g/mol. The van der Waals surface area contributed by atoms with Crippen LogP contribution in [0.1, 0.15) is 106 Å². The summed E-state index contributed by atoms with van der Waals surface area (Å²) in [5, 5.41) is 20.8. The maximum absolute atomic E-state index is 15.9. The summed E-state index contributed by atoms with van der Waals surface area (Å²) in [5.74, 6) is 0.411. The molecule has 1 N–H and O–H groups in total. The molecule has 3 amide bonds. The minimum atomic E-state index is -2.48. The molecule has 4 aliphatic heterocycles. The fourth-order valence-electron chi connectivity index (χ4n) is 11.6. The molecule has 1 spiro atoms. The van der Waals surface area contributed by atoms with Crippen molar-refractivity contribution in [3.63, 3.8) is 0 Å². The van der Waals surface area contributed by atoms with Crippen molar-refractivity contribution in [2.45, 2.75) is 127 Å². The number of ether oxygens (including phenoxy) is 2. The normalized spacial score (nSPS) is 23.2. The number of aromatic nitrogens is 3. The molecule has 3 saturated heterocycles. The number of aliphatic hydroxyl groups excluding tert-OH is 1. The standard InChI is InChI=1S/C54H66N6O6Si/c1-38-52(67(3,4)44-27-25-43(65-2)26-28-44)49(30-33-57-36-47(55-56-57)45(37-61)40-16-10-9-11-17-40)66-54(38)46-34-42(59-32-15-8-6-13-19-51(59)63)24-29-48(46)60(53(54)64)35-39-20-22-41(23-21-39)58-31-14-7-5-12-18-50(58)62/h9-11,16-17,20-29,34,36,38,45,49,52,61H,5-8,12-15,18-19,30-33,35,37H2,1-4H3/t38-,45?,49+,52-,54+/m0/s1. The number of carbonyl (C=O) groups is 3. The van der Waals surface area contributed by atoms with Crippen LogP contribution in [0.5, 0.6) is 5.75 Å². The molecule has 9 rings (SSSR count). The van der Waals surface area contributed by atoms with Crippen molar-refractivity contribution in [2.75, 3.05) is 41.5 Å². The van der Waals surface area contributed by atoms with E-state index in [1.807, 2.05) is 104 Å². The molecule has 67 heavy (non-hydrogen) atoms. The van der Waals surface area contributed by atoms with Crippen molar-refractivity contribution in [3.05, 3.63) is 126 Å². The summed E-state index contributed by atoms with van der Waals surface area (Å²) in [6.45, 7) is 9.05. The second-order valence-electron chi connectivity index (χ2n) is 19.7. The van der Waals surface area contributed by atoms with Gasteiger partial charge in [-0.15, -0.1) is 5.10 Å². The molecule has 352 valence electrons. The van der Waals surface area contributed by atoms with Gasteiger partial charge in [0.05, 0.1) is 51.7 Å². The van der Waals surface area contributed by atoms with Crippen LogP contribution in [0.2, 0.25) is 18.6 Å². The number of methoxy groups -OCH3 is 1. The first-order valence-corrected chi connectivity index (χ1v) is 27.7. The zero-order valence-electron chi connectivity index (χ0n) is 39.6. The number of rotatable bonds is 13. The lowest BCUT2D eigenvalue weighted by molar-refractivity contribution is -0.146. The highest BCUT2D eigenvalue weighted by molar-refractivity contribution is 6.91. The average molecular weight is 923 g/mol. The van der Waals surface area contributed by atoms with Gasteiger partial charge in [0.15, 0.2) is 5.60 Å². The highest BCUT2D eigenvalue weighted by Crippen LogP contribution is 2.60. The topological polar surface area (TPSA) is 130 Å². The van der Waals surface area contributed by atoms with E-state index in [9.17, 15) is 14.7 Å². The first kappa shape index (κ1) is 46.5. The molecule has 5 heterocycles. The highest BCUT2D eigenvalue weighted by Gasteiger charge is 2.66. The molecule has 0 saturated carbocycles. The lowest BCUT2D eigenvalue weighted by Gasteiger charge is -2.37. The number of hydrogen-bond donors (Lipinski definition) is 1. The van der Waals surface area contributed by atoms with Gasteiger partial charge in [0.2, 0.25) is 11.8 Å². The van der Waals surface area contributed by atoms with E-state index in [4.69, 9.17) is 9.47 Å². The number of hydrogen-bond acceptors (Lipinski definition) is 8. The minimum absolute atomic E-state index is 0.0169. The number of anilines is 3. The average Bonchev–Trinajstić information content (AvgIpc) is 3.99. The third-order valence-corrected chi connectivity index (χ3v) is 19.7. The summed E-state index contributed by atoms with van der Waals surface area (Å²) in [6.07, 6.45) is 11.3. The maximum atomic E-state index is 15.9. The van der Waals surface area contributed by atoms with Crippen molar-refractivity contribution in [3.8, 4) is 5.75 Å². The Kier molecular flexibility index (Phi) is 13.8. The Morgan fingerprint density at radius 2 is 1.45 bits per heavy atom. The van der Waals surface area contributed by atoms with Gasteiger partial charge in [-0.3, -0.25) is 19.1 Å². The highest BCUT2D eigenvalue weighted by atomic mass is 28.3. The van der Waals surface area contributed by atoms with E-state index in [0.29, 0.717) is 51.1 Å². The van der Waals surface area contributed by atoms with E-state index in [-0.39, 0.29) is 47.8 Å². The molecule has 12 nitrogen and oxygen atoms in total. The minimum Gasteiger partial charge on any atom is -0.497 e. The number of benzene rings is 4. The van der Waals surface area contributed by atoms with Crippen molar-refractivity contribution in [1.82, 2.24) is 15.0 Å². The second-order valence-corrected chi connectivity index (χ2v) is 24.4. The lowest BCUT2D eigenvalue weighted by Crippen LogP contribution is -2.51. The molecular weight excluding hydrogens is 857 g/mol. The van der Waals surface area contributed by atoms with Gasteiger partial charge >= 0.3 is 0 Å². The summed E-state index contributed by atoms with van der Waals surface area (Å²) in [4.78, 5) is 48.5. The van der Waals surface area contributed by atoms with Gasteiger partial charge in [0, 0.05) is 61.5 Å². The fraction of sp³-hybridized carbons (Fsp3) is 0.463. The predicted octanol–water partition coefficient (Wildman–Crippen LogP) is 8.86. The third-order valence-electron chi connectivity index (χ3n) is 15.3. The molecule has 0 radical (unpaired) electrons. The molecule has 4 aliphatic rings. The molecule has 4 aromatic carbocycles. The van der Waals surface area contributed by atoms with Gasteiger partial charge < -0.3 is 29.3 Å². The van der Waals surface area contributed by atoms with Gasteiger partial charge in [0.25, 0.3) is 5.91 Å². The summed E-state index contributed by atoms with van der Waals surface area (Å²) in [6, 6.07) is 32.5. The van der Waals surface area contributed by atoms with E-state index in [1.54, 1.807) is 7.11 Å². The van der Waals surface area contributed by atoms with E-state index in [0.717, 1.165) is 90.9 Å². The number of nitrogens with zero attached hydrogens (tertiary/aromatic N) is 6. The van der Waals surface area contributed by atoms with E-state index < -0.39 is 13.7 Å². The Morgan fingerprint density at radius 3 is 2.10 bits per heavy atom. The van der Waals surface area contributed by atoms with Crippen molar-refractivity contribution < 1.29 is 29.0 Å². The number of carbonyl (C=O) groups excluding carboxylic acids is 3. The molecule has 1 aromatic heterocycles. The lowest BCUT2D eigenvalue weighted by atomic mass is 9.82. The first-order valence-electron chi connectivity index (χ1n) is 24.6. The summed E-state index contributed by atoms with van der Waals surface area (Å²) >= 11 is 0. The van der Waals surface area contributed by atoms with E-state index >= 15 is 4.79 Å². The first-order chi connectivity index (χ1) is 32.5. The predicted molar refractivity (Wildman–Crippen MR) is 265 cm³/mol. The molecule has 0 aliphatic carbocycles. The van der Waals surface area contributed by atoms with Crippen molar-refractivity contribution >= 4 is 48.0 Å². The molecule has 3 fully saturated rings. The quantitative estimate of drug-likeness (QED) is 0.116. The third kappa shape index (κ3) is 9.10. The van der Waals surface area contributed by atoms with Crippen LogP contribution in [0.15, 0.2) is 103 Å². The SMILES string of the molecule is COc1ccc([Si](C)(C)[C@@H]2[C@@H](CCn3cc(C(CO)c4ccccc4)nn3)O[C@]3(C(=O)N(Cc4ccc(N5CCCCCCC5=O)cc4)c4ccc(N5CCCCCCC5=O)cc43)[C@H]2C)cc1. The number of fused-ring (bicyclic) bond motifs is 2. The molecule has 1 unspecified atom stereocenters. The summed E-state index contributed by atoms with van der Waals surface area (Å²) in [5.41, 5.74) is 4.56. The number of amides is 3. The summed E-state index contributed by atoms with van der Waals surface area (Å²) < 4.78 is 15.0. The van der Waals surface area contributed by atoms with Crippen LogP contribution in [0.25, 0.3) is 0 Å². The Balaban J connectivity index is 1.09. The summed E-state index contributed by atoms with van der Waals surface area (Å²) in [7, 11) is -0.801. The molecule has 5 aromatic rings. The zero-order valence-corrected chi connectivity index (χ0v) is 40.6. The molecule has 13 heteroatoms. The number of aryl methyl sites for hydroxylation is 1. The molecule has 0 bridgehead atoms. The zero-order chi connectivity index (χ0) is 46.7. The maximum Gasteiger partial charge on any atom is 0.264 e. The van der Waals surface area contributed by atoms with Crippen LogP contribution >= 0.6 is 0 Å². The Hall–Kier alpha value is -5.63. The van der Waals surface area contributed by atoms with Gasteiger partial charge in [-0.1, -0.05) is 111 Å². The van der Waals surface area contributed by atoms with E-state index in [2.05, 4.69) is 48.5 Å². The smallest absolute Gasteiger partial charge is 0.264 e. The largest absolute Gasteiger partial charge is 0.497 e. The van der Waals surface area contributed by atoms with Crippen LogP contribution in [0.3, 0.4) is 0 Å². The van der Waals surface area contributed by atoms with Crippen LogP contribution in [0, 0.1) is 5.92 Å². The second kappa shape index (κ2) is 19.9. The van der Waals surface area contributed by atoms with Crippen LogP contribution < -0.4 is 24.6 Å². The van der Waals surface area contributed by atoms with E-state index in [1.165, 1.54) is 5.19 Å². The van der Waals surface area contributed by atoms with Crippen molar-refractivity contribution in [2.24, 2.45) is 5.92 Å². The Labute approximate surface area is 396 Å². The van der Waals surface area contributed by atoms with Gasteiger partial charge in [-0.25, -0.2) is 0 Å². The molecule has 5 atom stereocenters. The Morgan fingerprint density at radius 1 is 0.806 bits per heavy atom. The van der Waals surface area contributed by atoms with Crippen LogP contribution in [0.4, 0.5) is 17.1 Å². The Bertz CT molecular complexity index is 2530. The van der Waals surface area contributed by atoms with Crippen LogP contribution in [-0.4, -0.2) is 78.8 Å². The number of aliphatic hydroxyl groups is 1.